The number of para-hydroxylation sites is 1. The quantitative estimate of drug-likeness (QED) is 0.661. The largest absolute Gasteiger partial charge is 0.312 e. The van der Waals surface area contributed by atoms with Gasteiger partial charge in [0.1, 0.15) is 5.82 Å². The minimum Gasteiger partial charge on any atom is -0.312 e. The first-order chi connectivity index (χ1) is 12.3. The second kappa shape index (κ2) is 8.48. The van der Waals surface area contributed by atoms with Gasteiger partial charge >= 0.3 is 0 Å². The Labute approximate surface area is 151 Å². The van der Waals surface area contributed by atoms with Gasteiger partial charge in [-0.2, -0.15) is 0 Å². The van der Waals surface area contributed by atoms with Crippen LogP contribution in [0.25, 0.3) is 0 Å². The number of nitrogens with one attached hydrogen (secondary N) is 1. The van der Waals surface area contributed by atoms with Gasteiger partial charge < -0.3 is 4.90 Å². The number of H-pyrrole nitrogens is 1. The monoisotopic (exact) mass is 352 g/mol. The minimum absolute atomic E-state index is 0.0492. The van der Waals surface area contributed by atoms with Crippen LogP contribution < -0.4 is 4.90 Å². The number of hydrogen-bond donors (Lipinski definition) is 1. The molecule has 1 heterocycles. The van der Waals surface area contributed by atoms with E-state index in [0.717, 1.165) is 11.5 Å². The first kappa shape index (κ1) is 17.2. The summed E-state index contributed by atoms with van der Waals surface area (Å²) in [6, 6.07) is 19.8. The van der Waals surface area contributed by atoms with E-state index >= 15 is 0 Å². The molecule has 0 aliphatic rings. The standard InChI is InChI=1S/C19H20N4OS/c1-2-23(16-11-7-4-8-12-16)18(24)14-25-19-20-17(21-22-19)13-15-9-5-3-6-10-15/h3-12H,2,13-14H2,1H3,(H,20,21,22). The highest BCUT2D eigenvalue weighted by molar-refractivity contribution is 7.99. The number of carbonyl (C=O) groups is 1. The molecule has 0 aliphatic carbocycles. The van der Waals surface area contributed by atoms with Gasteiger partial charge in [-0.25, -0.2) is 4.98 Å². The zero-order valence-corrected chi connectivity index (χ0v) is 14.9. The molecule has 0 spiro atoms. The summed E-state index contributed by atoms with van der Waals surface area (Å²) in [5.74, 6) is 1.16. The smallest absolute Gasteiger partial charge is 0.237 e. The molecule has 0 saturated heterocycles. The van der Waals surface area contributed by atoms with Crippen LogP contribution in [0.15, 0.2) is 65.8 Å². The fourth-order valence-electron chi connectivity index (χ4n) is 2.53. The molecule has 2 aromatic carbocycles. The molecule has 5 nitrogen and oxygen atoms in total. The molecule has 1 amide bonds. The van der Waals surface area contributed by atoms with Crippen molar-refractivity contribution in [3.05, 3.63) is 72.1 Å². The van der Waals surface area contributed by atoms with Crippen LogP contribution in [0.4, 0.5) is 5.69 Å². The van der Waals surface area contributed by atoms with Crippen molar-refractivity contribution in [2.75, 3.05) is 17.2 Å². The van der Waals surface area contributed by atoms with Crippen molar-refractivity contribution in [2.45, 2.75) is 18.5 Å². The third-order valence-corrected chi connectivity index (χ3v) is 4.57. The molecule has 1 aromatic heterocycles. The van der Waals surface area contributed by atoms with E-state index in [2.05, 4.69) is 27.3 Å². The molecule has 25 heavy (non-hydrogen) atoms. The number of amides is 1. The minimum atomic E-state index is 0.0492. The number of nitrogens with zero attached hydrogens (tertiary/aromatic N) is 3. The summed E-state index contributed by atoms with van der Waals surface area (Å²) >= 11 is 1.35. The summed E-state index contributed by atoms with van der Waals surface area (Å²) < 4.78 is 0. The lowest BCUT2D eigenvalue weighted by atomic mass is 10.1. The molecule has 0 saturated carbocycles. The Balaban J connectivity index is 1.57. The average Bonchev–Trinajstić information content (AvgIpc) is 3.10. The lowest BCUT2D eigenvalue weighted by molar-refractivity contribution is -0.116. The molecule has 0 unspecified atom stereocenters. The van der Waals surface area contributed by atoms with E-state index in [1.54, 1.807) is 4.90 Å². The Kier molecular flexibility index (Phi) is 5.85. The van der Waals surface area contributed by atoms with Gasteiger partial charge in [0.25, 0.3) is 0 Å². The molecule has 1 N–H and O–H groups in total. The van der Waals surface area contributed by atoms with Crippen molar-refractivity contribution in [1.82, 2.24) is 15.2 Å². The molecule has 3 aromatic rings. The van der Waals surface area contributed by atoms with Gasteiger partial charge in [-0.15, -0.1) is 5.10 Å². The molecule has 0 fully saturated rings. The molecule has 0 bridgehead atoms. The van der Waals surface area contributed by atoms with Crippen molar-refractivity contribution in [1.29, 1.82) is 0 Å². The number of benzene rings is 2. The first-order valence-corrected chi connectivity index (χ1v) is 9.18. The van der Waals surface area contributed by atoms with Crippen molar-refractivity contribution in [2.24, 2.45) is 0 Å². The highest BCUT2D eigenvalue weighted by atomic mass is 32.2. The molecule has 128 valence electrons. The van der Waals surface area contributed by atoms with Crippen LogP contribution >= 0.6 is 11.8 Å². The normalized spacial score (nSPS) is 10.6. The van der Waals surface area contributed by atoms with Crippen LogP contribution in [0.2, 0.25) is 0 Å². The van der Waals surface area contributed by atoms with Gasteiger partial charge in [-0.1, -0.05) is 60.3 Å². The number of thioether (sulfide) groups is 1. The lowest BCUT2D eigenvalue weighted by Crippen LogP contribution is -2.32. The molecule has 0 radical (unpaired) electrons. The van der Waals surface area contributed by atoms with Gasteiger partial charge in [0.2, 0.25) is 11.1 Å². The molecule has 0 atom stereocenters. The number of aromatic amines is 1. The van der Waals surface area contributed by atoms with Crippen LogP contribution in [0.3, 0.4) is 0 Å². The number of carbonyl (C=O) groups excluding carboxylic acids is 1. The van der Waals surface area contributed by atoms with Gasteiger partial charge in [-0.05, 0) is 24.6 Å². The van der Waals surface area contributed by atoms with E-state index in [1.807, 2.05) is 55.5 Å². The van der Waals surface area contributed by atoms with Crippen molar-refractivity contribution in [3.8, 4) is 0 Å². The van der Waals surface area contributed by atoms with E-state index in [4.69, 9.17) is 0 Å². The topological polar surface area (TPSA) is 61.9 Å². The fraction of sp³-hybridized carbons (Fsp3) is 0.211. The Bertz CT molecular complexity index is 805. The Morgan fingerprint density at radius 2 is 1.76 bits per heavy atom. The van der Waals surface area contributed by atoms with Crippen LogP contribution in [0.1, 0.15) is 18.3 Å². The van der Waals surface area contributed by atoms with E-state index < -0.39 is 0 Å². The molecule has 3 rings (SSSR count). The summed E-state index contributed by atoms with van der Waals surface area (Å²) in [4.78, 5) is 18.7. The van der Waals surface area contributed by atoms with Crippen molar-refractivity contribution >= 4 is 23.4 Å². The average molecular weight is 352 g/mol. The predicted molar refractivity (Wildman–Crippen MR) is 101 cm³/mol. The molecular formula is C19H20N4OS. The number of rotatable bonds is 7. The SMILES string of the molecule is CCN(C(=O)CSc1n[nH]c(Cc2ccccc2)n1)c1ccccc1. The molecule has 6 heteroatoms. The maximum absolute atomic E-state index is 12.5. The third-order valence-electron chi connectivity index (χ3n) is 3.74. The number of aromatic nitrogens is 3. The van der Waals surface area contributed by atoms with Gasteiger partial charge in [-0.3, -0.25) is 9.89 Å². The summed E-state index contributed by atoms with van der Waals surface area (Å²) in [5, 5.41) is 7.74. The highest BCUT2D eigenvalue weighted by Crippen LogP contribution is 2.18. The first-order valence-electron chi connectivity index (χ1n) is 8.19. The van der Waals surface area contributed by atoms with Crippen LogP contribution in [0, 0.1) is 0 Å². The second-order valence-electron chi connectivity index (χ2n) is 5.49. The zero-order chi connectivity index (χ0) is 17.5. The summed E-state index contributed by atoms with van der Waals surface area (Å²) in [6.07, 6.45) is 0.702. The Hall–Kier alpha value is -2.60. The summed E-state index contributed by atoms with van der Waals surface area (Å²) in [6.45, 7) is 2.61. The van der Waals surface area contributed by atoms with Crippen LogP contribution in [-0.4, -0.2) is 33.4 Å². The fourth-order valence-corrected chi connectivity index (χ4v) is 3.22. The zero-order valence-electron chi connectivity index (χ0n) is 14.1. The van der Waals surface area contributed by atoms with Gasteiger partial charge in [0, 0.05) is 18.7 Å². The third kappa shape index (κ3) is 4.70. The summed E-state index contributed by atoms with van der Waals surface area (Å²) in [7, 11) is 0. The lowest BCUT2D eigenvalue weighted by Gasteiger charge is -2.20. The Morgan fingerprint density at radius 3 is 2.44 bits per heavy atom. The van der Waals surface area contributed by atoms with Gasteiger partial charge in [0.15, 0.2) is 0 Å². The summed E-state index contributed by atoms with van der Waals surface area (Å²) in [5.41, 5.74) is 2.09. The second-order valence-corrected chi connectivity index (χ2v) is 6.43. The molecule has 0 aliphatic heterocycles. The number of hydrogen-bond acceptors (Lipinski definition) is 4. The van der Waals surface area contributed by atoms with Crippen LogP contribution in [0.5, 0.6) is 0 Å². The maximum atomic E-state index is 12.5. The van der Waals surface area contributed by atoms with E-state index in [1.165, 1.54) is 17.3 Å². The predicted octanol–water partition coefficient (Wildman–Crippen LogP) is 3.54. The Morgan fingerprint density at radius 1 is 1.08 bits per heavy atom. The van der Waals surface area contributed by atoms with Gasteiger partial charge in [0.05, 0.1) is 5.75 Å². The van der Waals surface area contributed by atoms with E-state index in [9.17, 15) is 4.79 Å². The van der Waals surface area contributed by atoms with Crippen molar-refractivity contribution in [3.63, 3.8) is 0 Å². The van der Waals surface area contributed by atoms with E-state index in [-0.39, 0.29) is 5.91 Å². The highest BCUT2D eigenvalue weighted by Gasteiger charge is 2.15. The van der Waals surface area contributed by atoms with Crippen LogP contribution in [-0.2, 0) is 11.2 Å². The number of anilines is 1. The maximum Gasteiger partial charge on any atom is 0.237 e. The van der Waals surface area contributed by atoms with Crippen molar-refractivity contribution < 1.29 is 4.79 Å². The molecular weight excluding hydrogens is 332 g/mol. The van der Waals surface area contributed by atoms with E-state index in [0.29, 0.717) is 23.9 Å².